The van der Waals surface area contributed by atoms with Gasteiger partial charge in [0, 0.05) is 5.92 Å². The van der Waals surface area contributed by atoms with Crippen molar-refractivity contribution in [3.8, 4) is 0 Å². The second-order valence-corrected chi connectivity index (χ2v) is 5.30. The number of rotatable bonds is 2. The molecule has 0 saturated carbocycles. The fraction of sp³-hybridized carbons (Fsp3) is 0.188. The molecule has 4 rings (SSSR count). The van der Waals surface area contributed by atoms with Gasteiger partial charge in [0.05, 0.1) is 29.3 Å². The second-order valence-electron chi connectivity index (χ2n) is 5.30. The average Bonchev–Trinajstić information content (AvgIpc) is 2.79. The van der Waals surface area contributed by atoms with E-state index in [9.17, 15) is 4.79 Å². The molecule has 5 nitrogen and oxygen atoms in total. The molecule has 1 aromatic carbocycles. The molecule has 2 aliphatic rings. The summed E-state index contributed by atoms with van der Waals surface area (Å²) in [4.78, 5) is 22.8. The third kappa shape index (κ3) is 1.81. The van der Waals surface area contributed by atoms with Crippen molar-refractivity contribution in [2.45, 2.75) is 12.0 Å². The number of amides is 1. The van der Waals surface area contributed by atoms with Gasteiger partial charge in [-0.3, -0.25) is 4.79 Å². The van der Waals surface area contributed by atoms with E-state index in [4.69, 9.17) is 15.7 Å². The molecule has 21 heavy (non-hydrogen) atoms. The molecule has 1 aliphatic heterocycles. The van der Waals surface area contributed by atoms with E-state index < -0.39 is 0 Å². The Labute approximate surface area is 121 Å². The van der Waals surface area contributed by atoms with Crippen LogP contribution >= 0.6 is 0 Å². The number of para-hydroxylation sites is 2. The van der Waals surface area contributed by atoms with Crippen LogP contribution in [0.5, 0.6) is 0 Å². The van der Waals surface area contributed by atoms with Crippen molar-refractivity contribution < 1.29 is 4.79 Å². The van der Waals surface area contributed by atoms with Crippen molar-refractivity contribution >= 4 is 22.8 Å². The van der Waals surface area contributed by atoms with Crippen LogP contribution in [0.2, 0.25) is 0 Å². The van der Waals surface area contributed by atoms with Gasteiger partial charge in [0.15, 0.2) is 5.82 Å². The van der Waals surface area contributed by atoms with Crippen LogP contribution in [0.25, 0.3) is 11.0 Å². The molecule has 1 aliphatic carbocycles. The molecule has 0 radical (unpaired) electrons. The quantitative estimate of drug-likeness (QED) is 0.904. The molecule has 0 fully saturated rings. The number of carbonyl (C=O) groups is 1. The number of benzene rings is 1. The fourth-order valence-corrected chi connectivity index (χ4v) is 3.07. The summed E-state index contributed by atoms with van der Waals surface area (Å²) >= 11 is 0. The number of allylic oxidation sites excluding steroid dienone is 2. The summed E-state index contributed by atoms with van der Waals surface area (Å²) in [5.41, 5.74) is 8.01. The number of anilines is 1. The first kappa shape index (κ1) is 12.1. The molecule has 2 N–H and O–H groups in total. The summed E-state index contributed by atoms with van der Waals surface area (Å²) in [6.45, 7) is 0.152. The van der Waals surface area contributed by atoms with Gasteiger partial charge in [0.2, 0.25) is 5.91 Å². The third-order valence-corrected chi connectivity index (χ3v) is 3.96. The van der Waals surface area contributed by atoms with Crippen LogP contribution in [0.4, 0.5) is 5.82 Å². The summed E-state index contributed by atoms with van der Waals surface area (Å²) in [6, 6.07) is 7.83. The molecule has 1 amide bonds. The van der Waals surface area contributed by atoms with E-state index in [1.54, 1.807) is 0 Å². The van der Waals surface area contributed by atoms with Gasteiger partial charge in [0.25, 0.3) is 0 Å². The Bertz CT molecular complexity index is 796. The van der Waals surface area contributed by atoms with E-state index >= 15 is 0 Å². The maximum absolute atomic E-state index is 11.4. The highest BCUT2D eigenvalue weighted by Crippen LogP contribution is 2.41. The molecule has 104 valence electrons. The van der Waals surface area contributed by atoms with Gasteiger partial charge in [-0.1, -0.05) is 36.4 Å². The fourth-order valence-electron chi connectivity index (χ4n) is 3.07. The lowest BCUT2D eigenvalue weighted by atomic mass is 9.95. The van der Waals surface area contributed by atoms with E-state index in [0.29, 0.717) is 0 Å². The van der Waals surface area contributed by atoms with Crippen molar-refractivity contribution in [2.24, 2.45) is 5.73 Å². The van der Waals surface area contributed by atoms with Gasteiger partial charge in [-0.25, -0.2) is 9.97 Å². The molecule has 2 atom stereocenters. The number of nitrogens with zero attached hydrogens (tertiary/aromatic N) is 3. The predicted octanol–water partition coefficient (Wildman–Crippen LogP) is 1.51. The van der Waals surface area contributed by atoms with Crippen LogP contribution in [-0.4, -0.2) is 28.5 Å². The largest absolute Gasteiger partial charge is 0.368 e. The maximum atomic E-state index is 11.4. The zero-order valence-electron chi connectivity index (χ0n) is 11.3. The number of carbonyl (C=O) groups excluding carboxylic acids is 1. The summed E-state index contributed by atoms with van der Waals surface area (Å²) < 4.78 is 0. The van der Waals surface area contributed by atoms with Gasteiger partial charge in [-0.2, -0.15) is 0 Å². The smallest absolute Gasteiger partial charge is 0.237 e. The molecule has 0 unspecified atom stereocenters. The molecular formula is C16H14N4O. The maximum Gasteiger partial charge on any atom is 0.237 e. The van der Waals surface area contributed by atoms with Gasteiger partial charge in [-0.05, 0) is 12.1 Å². The normalized spacial score (nSPS) is 22.4. The third-order valence-electron chi connectivity index (χ3n) is 3.96. The lowest BCUT2D eigenvalue weighted by Crippen LogP contribution is -2.39. The lowest BCUT2D eigenvalue weighted by Gasteiger charge is -2.25. The number of hydrogen-bond donors (Lipinski definition) is 1. The Balaban J connectivity index is 1.92. The Kier molecular flexibility index (Phi) is 2.54. The minimum atomic E-state index is -0.362. The molecule has 0 bridgehead atoms. The lowest BCUT2D eigenvalue weighted by molar-refractivity contribution is -0.116. The van der Waals surface area contributed by atoms with Crippen molar-refractivity contribution in [1.29, 1.82) is 0 Å². The number of aromatic nitrogens is 2. The molecule has 2 aromatic rings. The first-order valence-corrected chi connectivity index (χ1v) is 6.90. The number of fused-ring (bicyclic) bond motifs is 4. The van der Waals surface area contributed by atoms with Gasteiger partial charge in [0.1, 0.15) is 0 Å². The Morgan fingerprint density at radius 1 is 1.14 bits per heavy atom. The predicted molar refractivity (Wildman–Crippen MR) is 80.9 cm³/mol. The summed E-state index contributed by atoms with van der Waals surface area (Å²) in [6.07, 6.45) is 8.17. The van der Waals surface area contributed by atoms with Crippen molar-refractivity contribution in [3.05, 3.63) is 54.3 Å². The average molecular weight is 278 g/mol. The Morgan fingerprint density at radius 3 is 2.62 bits per heavy atom. The molecule has 0 saturated heterocycles. The highest BCUT2D eigenvalue weighted by molar-refractivity contribution is 5.83. The van der Waals surface area contributed by atoms with E-state index in [2.05, 4.69) is 12.2 Å². The first-order valence-electron chi connectivity index (χ1n) is 6.90. The summed E-state index contributed by atoms with van der Waals surface area (Å²) in [5, 5.41) is 0. The molecular weight excluding hydrogens is 264 g/mol. The van der Waals surface area contributed by atoms with Crippen LogP contribution in [-0.2, 0) is 4.79 Å². The minimum absolute atomic E-state index is 0.0642. The zero-order chi connectivity index (χ0) is 14.4. The highest BCUT2D eigenvalue weighted by Gasteiger charge is 2.39. The summed E-state index contributed by atoms with van der Waals surface area (Å²) in [7, 11) is 0. The second kappa shape index (κ2) is 4.41. The van der Waals surface area contributed by atoms with Crippen LogP contribution in [0.1, 0.15) is 11.6 Å². The number of nitrogens with two attached hydrogens (primary N) is 1. The van der Waals surface area contributed by atoms with E-state index in [0.717, 1.165) is 22.5 Å². The van der Waals surface area contributed by atoms with E-state index in [-0.39, 0.29) is 24.4 Å². The first-order chi connectivity index (χ1) is 10.2. The topological polar surface area (TPSA) is 72.1 Å². The van der Waals surface area contributed by atoms with Crippen LogP contribution in [0.3, 0.4) is 0 Å². The van der Waals surface area contributed by atoms with Crippen molar-refractivity contribution in [3.63, 3.8) is 0 Å². The van der Waals surface area contributed by atoms with Crippen molar-refractivity contribution in [1.82, 2.24) is 9.97 Å². The minimum Gasteiger partial charge on any atom is -0.368 e. The van der Waals surface area contributed by atoms with Crippen molar-refractivity contribution in [2.75, 3.05) is 11.4 Å². The highest BCUT2D eigenvalue weighted by atomic mass is 16.1. The molecule has 2 heterocycles. The van der Waals surface area contributed by atoms with Gasteiger partial charge in [-0.15, -0.1) is 0 Å². The zero-order valence-corrected chi connectivity index (χ0v) is 11.3. The molecule has 0 spiro atoms. The SMILES string of the molecule is NC(=O)CN1c2nc3ccccc3nc2[C@H]2C=CC=C[C@H]21. The Hall–Kier alpha value is -2.69. The monoisotopic (exact) mass is 278 g/mol. The van der Waals surface area contributed by atoms with Gasteiger partial charge < -0.3 is 10.6 Å². The van der Waals surface area contributed by atoms with E-state index in [1.807, 2.05) is 41.3 Å². The number of primary amides is 1. The van der Waals surface area contributed by atoms with Crippen LogP contribution < -0.4 is 10.6 Å². The van der Waals surface area contributed by atoms with E-state index in [1.165, 1.54) is 0 Å². The Morgan fingerprint density at radius 2 is 1.86 bits per heavy atom. The van der Waals surface area contributed by atoms with Crippen LogP contribution in [0, 0.1) is 0 Å². The van der Waals surface area contributed by atoms with Crippen LogP contribution in [0.15, 0.2) is 48.6 Å². The van der Waals surface area contributed by atoms with Gasteiger partial charge >= 0.3 is 0 Å². The summed E-state index contributed by atoms with van der Waals surface area (Å²) in [5.74, 6) is 0.527. The molecule has 5 heteroatoms. The standard InChI is InChI=1S/C16H14N4O/c17-14(21)9-20-13-8-4-1-5-10(13)15-16(20)19-12-7-3-2-6-11(12)18-15/h1-8,10,13H,9H2,(H2,17,21)/t10-,13+/m0/s1. The molecule has 1 aromatic heterocycles. The number of hydrogen-bond acceptors (Lipinski definition) is 4.